The number of nitriles is 1. The fourth-order valence-corrected chi connectivity index (χ4v) is 0.952. The van der Waals surface area contributed by atoms with Crippen molar-refractivity contribution < 1.29 is 0 Å². The SMILES string of the molecule is CCC(CC)C(N)=CC#N. The zero-order valence-corrected chi connectivity index (χ0v) is 6.59. The monoisotopic (exact) mass is 138 g/mol. The van der Waals surface area contributed by atoms with E-state index in [-0.39, 0.29) is 0 Å². The molecule has 0 spiro atoms. The van der Waals surface area contributed by atoms with E-state index in [0.717, 1.165) is 12.8 Å². The van der Waals surface area contributed by atoms with E-state index < -0.39 is 0 Å². The van der Waals surface area contributed by atoms with E-state index in [0.29, 0.717) is 11.6 Å². The smallest absolute Gasteiger partial charge is 0.0930 e. The van der Waals surface area contributed by atoms with Crippen molar-refractivity contribution >= 4 is 0 Å². The molecule has 0 unspecified atom stereocenters. The van der Waals surface area contributed by atoms with Crippen molar-refractivity contribution in [3.8, 4) is 6.07 Å². The molecule has 0 atom stereocenters. The summed E-state index contributed by atoms with van der Waals surface area (Å²) in [7, 11) is 0. The molecule has 0 rings (SSSR count). The van der Waals surface area contributed by atoms with Crippen LogP contribution in [0.1, 0.15) is 26.7 Å². The van der Waals surface area contributed by atoms with Gasteiger partial charge in [0.2, 0.25) is 0 Å². The maximum atomic E-state index is 8.27. The van der Waals surface area contributed by atoms with E-state index in [9.17, 15) is 0 Å². The Hall–Kier alpha value is -0.970. The van der Waals surface area contributed by atoms with Crippen LogP contribution >= 0.6 is 0 Å². The molecular weight excluding hydrogens is 124 g/mol. The maximum Gasteiger partial charge on any atom is 0.0930 e. The molecule has 0 radical (unpaired) electrons. The van der Waals surface area contributed by atoms with Gasteiger partial charge in [-0.3, -0.25) is 0 Å². The number of hydrogen-bond donors (Lipinski definition) is 1. The van der Waals surface area contributed by atoms with Gasteiger partial charge in [-0.25, -0.2) is 0 Å². The second kappa shape index (κ2) is 4.87. The molecule has 2 N–H and O–H groups in total. The molecule has 0 amide bonds. The Morgan fingerprint density at radius 3 is 2.40 bits per heavy atom. The van der Waals surface area contributed by atoms with E-state index in [1.807, 2.05) is 6.07 Å². The van der Waals surface area contributed by atoms with Crippen molar-refractivity contribution in [2.45, 2.75) is 26.7 Å². The highest BCUT2D eigenvalue weighted by molar-refractivity contribution is 5.12. The highest BCUT2D eigenvalue weighted by Crippen LogP contribution is 2.13. The van der Waals surface area contributed by atoms with Crippen molar-refractivity contribution in [3.05, 3.63) is 11.8 Å². The first-order valence-corrected chi connectivity index (χ1v) is 3.61. The van der Waals surface area contributed by atoms with E-state index >= 15 is 0 Å². The highest BCUT2D eigenvalue weighted by atomic mass is 14.6. The summed E-state index contributed by atoms with van der Waals surface area (Å²) in [6.45, 7) is 4.15. The zero-order chi connectivity index (χ0) is 7.98. The topological polar surface area (TPSA) is 49.8 Å². The first-order valence-electron chi connectivity index (χ1n) is 3.61. The molecule has 0 saturated carbocycles. The minimum atomic E-state index is 0.389. The Morgan fingerprint density at radius 1 is 1.60 bits per heavy atom. The van der Waals surface area contributed by atoms with Crippen LogP contribution < -0.4 is 5.73 Å². The fraction of sp³-hybridized carbons (Fsp3) is 0.625. The van der Waals surface area contributed by atoms with Gasteiger partial charge in [0.25, 0.3) is 0 Å². The normalized spacial score (nSPS) is 11.6. The summed E-state index contributed by atoms with van der Waals surface area (Å²) >= 11 is 0. The predicted octanol–water partition coefficient (Wildman–Crippen LogP) is 1.79. The third kappa shape index (κ3) is 2.54. The molecule has 56 valence electrons. The summed E-state index contributed by atoms with van der Waals surface area (Å²) in [5.41, 5.74) is 6.30. The van der Waals surface area contributed by atoms with Gasteiger partial charge in [0.1, 0.15) is 0 Å². The fourth-order valence-electron chi connectivity index (χ4n) is 0.952. The molecule has 0 aliphatic heterocycles. The summed E-state index contributed by atoms with van der Waals surface area (Å²) in [5, 5.41) is 8.27. The van der Waals surface area contributed by atoms with Crippen molar-refractivity contribution in [2.75, 3.05) is 0 Å². The molecule has 2 heteroatoms. The number of hydrogen-bond acceptors (Lipinski definition) is 2. The summed E-state index contributed by atoms with van der Waals surface area (Å²) in [6.07, 6.45) is 3.46. The first kappa shape index (κ1) is 9.03. The van der Waals surface area contributed by atoms with Gasteiger partial charge in [-0.2, -0.15) is 5.26 Å². The molecule has 0 fully saturated rings. The number of rotatable bonds is 3. The van der Waals surface area contributed by atoms with E-state index in [1.54, 1.807) is 0 Å². The Morgan fingerprint density at radius 2 is 2.10 bits per heavy atom. The summed E-state index contributed by atoms with van der Waals surface area (Å²) < 4.78 is 0. The highest BCUT2D eigenvalue weighted by Gasteiger charge is 2.04. The summed E-state index contributed by atoms with van der Waals surface area (Å²) in [5.74, 6) is 0.389. The summed E-state index contributed by atoms with van der Waals surface area (Å²) in [4.78, 5) is 0. The number of nitrogens with two attached hydrogens (primary N) is 1. The quantitative estimate of drug-likeness (QED) is 0.604. The molecule has 2 nitrogen and oxygen atoms in total. The maximum absolute atomic E-state index is 8.27. The number of allylic oxidation sites excluding steroid dienone is 2. The van der Waals surface area contributed by atoms with Crippen LogP contribution in [0.5, 0.6) is 0 Å². The van der Waals surface area contributed by atoms with E-state index in [1.165, 1.54) is 6.08 Å². The lowest BCUT2D eigenvalue weighted by atomic mass is 10.00. The lowest BCUT2D eigenvalue weighted by Gasteiger charge is -2.10. The van der Waals surface area contributed by atoms with Gasteiger partial charge in [0, 0.05) is 11.8 Å². The third-order valence-electron chi connectivity index (χ3n) is 1.69. The van der Waals surface area contributed by atoms with Crippen LogP contribution in [0.4, 0.5) is 0 Å². The van der Waals surface area contributed by atoms with Crippen LogP contribution in [0.2, 0.25) is 0 Å². The van der Waals surface area contributed by atoms with Gasteiger partial charge >= 0.3 is 0 Å². The van der Waals surface area contributed by atoms with Crippen LogP contribution in [0, 0.1) is 17.2 Å². The average Bonchev–Trinajstić information content (AvgIpc) is 1.91. The average molecular weight is 138 g/mol. The third-order valence-corrected chi connectivity index (χ3v) is 1.69. The summed E-state index contributed by atoms with van der Waals surface area (Å²) in [6, 6.07) is 1.93. The molecule has 0 aliphatic rings. The Kier molecular flexibility index (Phi) is 4.39. The molecule has 0 heterocycles. The Balaban J connectivity index is 4.04. The molecular formula is C8H14N2. The standard InChI is InChI=1S/C8H14N2/c1-3-7(4-2)8(10)5-6-9/h5,7H,3-4,10H2,1-2H3. The van der Waals surface area contributed by atoms with Gasteiger partial charge in [0.05, 0.1) is 6.07 Å². The molecule has 0 bridgehead atoms. The molecule has 0 aromatic carbocycles. The van der Waals surface area contributed by atoms with Crippen LogP contribution in [0.3, 0.4) is 0 Å². The van der Waals surface area contributed by atoms with Crippen molar-refractivity contribution in [3.63, 3.8) is 0 Å². The minimum Gasteiger partial charge on any atom is -0.401 e. The van der Waals surface area contributed by atoms with Crippen LogP contribution in [-0.4, -0.2) is 0 Å². The van der Waals surface area contributed by atoms with Crippen LogP contribution in [0.25, 0.3) is 0 Å². The van der Waals surface area contributed by atoms with Gasteiger partial charge in [-0.15, -0.1) is 0 Å². The van der Waals surface area contributed by atoms with Crippen LogP contribution in [-0.2, 0) is 0 Å². The van der Waals surface area contributed by atoms with E-state index in [2.05, 4.69) is 13.8 Å². The first-order chi connectivity index (χ1) is 4.76. The van der Waals surface area contributed by atoms with E-state index in [4.69, 9.17) is 11.0 Å². The molecule has 0 aromatic rings. The van der Waals surface area contributed by atoms with Crippen LogP contribution in [0.15, 0.2) is 11.8 Å². The predicted molar refractivity (Wildman–Crippen MR) is 42.0 cm³/mol. The lowest BCUT2D eigenvalue weighted by molar-refractivity contribution is 0.566. The Labute approximate surface area is 62.3 Å². The number of nitrogens with zero attached hydrogens (tertiary/aromatic N) is 1. The molecule has 0 saturated heterocycles. The second-order valence-corrected chi connectivity index (χ2v) is 2.29. The molecule has 0 aliphatic carbocycles. The lowest BCUT2D eigenvalue weighted by Crippen LogP contribution is -2.09. The van der Waals surface area contributed by atoms with Crippen molar-refractivity contribution in [1.29, 1.82) is 5.26 Å². The Bertz CT molecular complexity index is 149. The largest absolute Gasteiger partial charge is 0.401 e. The molecule has 10 heavy (non-hydrogen) atoms. The molecule has 0 aromatic heterocycles. The van der Waals surface area contributed by atoms with Crippen molar-refractivity contribution in [1.82, 2.24) is 0 Å². The van der Waals surface area contributed by atoms with Gasteiger partial charge in [-0.05, 0) is 18.8 Å². The minimum absolute atomic E-state index is 0.389. The van der Waals surface area contributed by atoms with Gasteiger partial charge in [-0.1, -0.05) is 13.8 Å². The zero-order valence-electron chi connectivity index (χ0n) is 6.59. The van der Waals surface area contributed by atoms with Gasteiger partial charge in [0.15, 0.2) is 0 Å². The van der Waals surface area contributed by atoms with Crippen molar-refractivity contribution in [2.24, 2.45) is 11.7 Å². The second-order valence-electron chi connectivity index (χ2n) is 2.29. The van der Waals surface area contributed by atoms with Gasteiger partial charge < -0.3 is 5.73 Å².